The van der Waals surface area contributed by atoms with Crippen LogP contribution in [0.5, 0.6) is 0 Å². The van der Waals surface area contributed by atoms with Gasteiger partial charge < -0.3 is 13.8 Å². The van der Waals surface area contributed by atoms with E-state index in [2.05, 4.69) is 0 Å². The highest BCUT2D eigenvalue weighted by molar-refractivity contribution is 7.90. The molecule has 0 saturated carbocycles. The SMILES string of the molecule is CO[SiH](O)CCC[S+](C)[O-]. The summed E-state index contributed by atoms with van der Waals surface area (Å²) in [4.78, 5) is 8.99. The molecule has 62 valence electrons. The predicted molar refractivity (Wildman–Crippen MR) is 44.7 cm³/mol. The first kappa shape index (κ1) is 10.4. The molecule has 0 spiro atoms. The molecule has 0 aliphatic carbocycles. The Balaban J connectivity index is 3.03. The topological polar surface area (TPSA) is 52.5 Å². The highest BCUT2D eigenvalue weighted by atomic mass is 32.2. The highest BCUT2D eigenvalue weighted by Crippen LogP contribution is 1.98. The minimum atomic E-state index is -1.87. The van der Waals surface area contributed by atoms with Crippen LogP contribution < -0.4 is 0 Å². The standard InChI is InChI=1S/C5H14O3SSi/c1-8-10(7)5-3-4-9(2)6/h7,10H,3-5H2,1-2H3. The molecule has 0 aromatic rings. The Bertz CT molecular complexity index is 81.3. The molecule has 10 heavy (non-hydrogen) atoms. The summed E-state index contributed by atoms with van der Waals surface area (Å²) in [6, 6.07) is 0.704. The third kappa shape index (κ3) is 6.57. The first-order valence-corrected chi connectivity index (χ1v) is 6.71. The number of hydrogen-bond acceptors (Lipinski definition) is 3. The van der Waals surface area contributed by atoms with E-state index in [0.29, 0.717) is 11.8 Å². The van der Waals surface area contributed by atoms with E-state index in [9.17, 15) is 4.55 Å². The lowest BCUT2D eigenvalue weighted by Gasteiger charge is -2.06. The summed E-state index contributed by atoms with van der Waals surface area (Å²) >= 11 is -0.728. The summed E-state index contributed by atoms with van der Waals surface area (Å²) in [5, 5.41) is 0. The Kier molecular flexibility index (Phi) is 6.45. The minimum absolute atomic E-state index is 0.674. The first-order chi connectivity index (χ1) is 4.66. The fourth-order valence-corrected chi connectivity index (χ4v) is 2.24. The molecule has 0 radical (unpaired) electrons. The summed E-state index contributed by atoms with van der Waals surface area (Å²) < 4.78 is 15.2. The average Bonchev–Trinajstić information content (AvgIpc) is 1.87. The van der Waals surface area contributed by atoms with Crippen LogP contribution in [0, 0.1) is 0 Å². The van der Waals surface area contributed by atoms with Gasteiger partial charge in [0.15, 0.2) is 0 Å². The van der Waals surface area contributed by atoms with E-state index in [1.165, 1.54) is 7.11 Å². The fourth-order valence-electron chi connectivity index (χ4n) is 0.579. The van der Waals surface area contributed by atoms with Gasteiger partial charge in [0.25, 0.3) is 0 Å². The summed E-state index contributed by atoms with van der Waals surface area (Å²) in [5.74, 6) is 0.674. The zero-order chi connectivity index (χ0) is 7.98. The Morgan fingerprint density at radius 3 is 2.70 bits per heavy atom. The minimum Gasteiger partial charge on any atom is -0.617 e. The van der Waals surface area contributed by atoms with Gasteiger partial charge in [0.05, 0.1) is 6.26 Å². The van der Waals surface area contributed by atoms with E-state index < -0.39 is 20.5 Å². The Morgan fingerprint density at radius 1 is 1.70 bits per heavy atom. The first-order valence-electron chi connectivity index (χ1n) is 3.17. The maximum absolute atomic E-state index is 10.5. The fraction of sp³-hybridized carbons (Fsp3) is 1.00. The van der Waals surface area contributed by atoms with Crippen molar-refractivity contribution in [2.24, 2.45) is 0 Å². The van der Waals surface area contributed by atoms with Crippen LogP contribution in [0.2, 0.25) is 6.04 Å². The summed E-state index contributed by atoms with van der Waals surface area (Å²) in [6.07, 6.45) is 2.48. The lowest BCUT2D eigenvalue weighted by molar-refractivity contribution is 0.325. The van der Waals surface area contributed by atoms with Crippen molar-refractivity contribution >= 4 is 20.5 Å². The van der Waals surface area contributed by atoms with Crippen molar-refractivity contribution in [1.82, 2.24) is 0 Å². The summed E-state index contributed by atoms with van der Waals surface area (Å²) in [5.41, 5.74) is 0. The molecule has 0 amide bonds. The van der Waals surface area contributed by atoms with Gasteiger partial charge in [0, 0.05) is 7.11 Å². The van der Waals surface area contributed by atoms with E-state index >= 15 is 0 Å². The second-order valence-electron chi connectivity index (χ2n) is 2.11. The second-order valence-corrected chi connectivity index (χ2v) is 5.62. The van der Waals surface area contributed by atoms with Crippen LogP contribution >= 0.6 is 0 Å². The monoisotopic (exact) mass is 182 g/mol. The predicted octanol–water partition coefficient (Wildman–Crippen LogP) is -0.386. The maximum Gasteiger partial charge on any atom is 0.318 e. The van der Waals surface area contributed by atoms with Gasteiger partial charge in [0.1, 0.15) is 5.75 Å². The van der Waals surface area contributed by atoms with Gasteiger partial charge in [-0.05, 0) is 12.5 Å². The van der Waals surface area contributed by atoms with Crippen molar-refractivity contribution in [3.05, 3.63) is 0 Å². The van der Waals surface area contributed by atoms with Gasteiger partial charge in [-0.3, -0.25) is 0 Å². The molecule has 0 heterocycles. The van der Waals surface area contributed by atoms with Crippen molar-refractivity contribution in [3.8, 4) is 0 Å². The molecule has 1 N–H and O–H groups in total. The molecular formula is C5H14O3SSi. The largest absolute Gasteiger partial charge is 0.617 e. The molecule has 0 rings (SSSR count). The molecule has 2 atom stereocenters. The maximum atomic E-state index is 10.5. The van der Waals surface area contributed by atoms with Crippen molar-refractivity contribution in [2.75, 3.05) is 19.1 Å². The molecule has 3 nitrogen and oxygen atoms in total. The molecule has 0 bridgehead atoms. The summed E-state index contributed by atoms with van der Waals surface area (Å²) in [7, 11) is -0.361. The quantitative estimate of drug-likeness (QED) is 0.465. The Hall–Kier alpha value is 0.447. The van der Waals surface area contributed by atoms with Crippen LogP contribution in [-0.4, -0.2) is 37.8 Å². The van der Waals surface area contributed by atoms with Crippen LogP contribution in [0.4, 0.5) is 0 Å². The highest BCUT2D eigenvalue weighted by Gasteiger charge is 2.06. The van der Waals surface area contributed by atoms with Crippen molar-refractivity contribution in [1.29, 1.82) is 0 Å². The number of rotatable bonds is 5. The van der Waals surface area contributed by atoms with Gasteiger partial charge in [-0.1, -0.05) is 11.2 Å². The van der Waals surface area contributed by atoms with Crippen molar-refractivity contribution in [2.45, 2.75) is 12.5 Å². The van der Waals surface area contributed by atoms with E-state index in [1.54, 1.807) is 6.26 Å². The second kappa shape index (κ2) is 6.18. The summed E-state index contributed by atoms with van der Waals surface area (Å²) in [6.45, 7) is 0. The van der Waals surface area contributed by atoms with Gasteiger partial charge in [0.2, 0.25) is 0 Å². The third-order valence-electron chi connectivity index (χ3n) is 1.15. The van der Waals surface area contributed by atoms with E-state index in [0.717, 1.165) is 6.42 Å². The van der Waals surface area contributed by atoms with Crippen molar-refractivity contribution in [3.63, 3.8) is 0 Å². The number of hydrogen-bond donors (Lipinski definition) is 1. The zero-order valence-corrected chi connectivity index (χ0v) is 8.34. The van der Waals surface area contributed by atoms with Crippen LogP contribution in [0.15, 0.2) is 0 Å². The van der Waals surface area contributed by atoms with Gasteiger partial charge in [-0.15, -0.1) is 0 Å². The smallest absolute Gasteiger partial charge is 0.318 e. The molecular weight excluding hydrogens is 168 g/mol. The molecule has 0 aliphatic rings. The van der Waals surface area contributed by atoms with E-state index in [1.807, 2.05) is 0 Å². The molecule has 0 aromatic heterocycles. The van der Waals surface area contributed by atoms with Gasteiger partial charge in [-0.25, -0.2) is 0 Å². The Morgan fingerprint density at radius 2 is 2.30 bits per heavy atom. The normalized spacial score (nSPS) is 16.8. The van der Waals surface area contributed by atoms with Gasteiger partial charge in [-0.2, -0.15) is 0 Å². The third-order valence-corrected chi connectivity index (χ3v) is 3.46. The average molecular weight is 182 g/mol. The molecule has 0 fully saturated rings. The van der Waals surface area contributed by atoms with E-state index in [-0.39, 0.29) is 0 Å². The lowest BCUT2D eigenvalue weighted by atomic mass is 10.6. The van der Waals surface area contributed by atoms with E-state index in [4.69, 9.17) is 9.22 Å². The van der Waals surface area contributed by atoms with Crippen LogP contribution in [0.1, 0.15) is 6.42 Å². The lowest BCUT2D eigenvalue weighted by Crippen LogP contribution is -2.16. The van der Waals surface area contributed by atoms with Crippen molar-refractivity contribution < 1.29 is 13.8 Å². The van der Waals surface area contributed by atoms with Gasteiger partial charge >= 0.3 is 9.28 Å². The molecule has 0 aromatic carbocycles. The molecule has 0 aliphatic heterocycles. The molecule has 0 saturated heterocycles. The van der Waals surface area contributed by atoms with Crippen LogP contribution in [-0.2, 0) is 15.6 Å². The zero-order valence-electron chi connectivity index (χ0n) is 6.37. The Labute approximate surface area is 66.4 Å². The molecule has 2 unspecified atom stereocenters. The van der Waals surface area contributed by atoms with Crippen LogP contribution in [0.3, 0.4) is 0 Å². The van der Waals surface area contributed by atoms with Crippen LogP contribution in [0.25, 0.3) is 0 Å². The molecule has 5 heteroatoms.